The minimum Gasteiger partial charge on any atom is -0.478 e. The number of rotatable bonds is 3. The van der Waals surface area contributed by atoms with Gasteiger partial charge in [-0.25, -0.2) is 9.78 Å². The fraction of sp³-hybridized carbons (Fsp3) is 0.0769. The van der Waals surface area contributed by atoms with Crippen LogP contribution >= 0.6 is 23.2 Å². The number of hydrogen-bond acceptors (Lipinski definition) is 3. The zero-order chi connectivity index (χ0) is 14.0. The predicted octanol–water partition coefficient (Wildman–Crippen LogP) is 4.14. The largest absolute Gasteiger partial charge is 0.478 e. The summed E-state index contributed by atoms with van der Waals surface area (Å²) in [5.74, 6) is -1.07. The minimum atomic E-state index is -1.07. The van der Waals surface area contributed by atoms with Crippen molar-refractivity contribution in [2.45, 2.75) is 6.92 Å². The number of benzene rings is 1. The van der Waals surface area contributed by atoms with Gasteiger partial charge in [-0.3, -0.25) is 0 Å². The van der Waals surface area contributed by atoms with Gasteiger partial charge in [0, 0.05) is 22.5 Å². The van der Waals surface area contributed by atoms with Crippen molar-refractivity contribution in [1.82, 2.24) is 4.98 Å². The van der Waals surface area contributed by atoms with Crippen molar-refractivity contribution in [3.8, 4) is 0 Å². The van der Waals surface area contributed by atoms with Crippen LogP contribution in [0, 0.1) is 6.92 Å². The molecule has 98 valence electrons. The van der Waals surface area contributed by atoms with Gasteiger partial charge in [0.15, 0.2) is 0 Å². The van der Waals surface area contributed by atoms with Gasteiger partial charge in [0.05, 0.1) is 5.69 Å². The third kappa shape index (κ3) is 2.97. The highest BCUT2D eigenvalue weighted by Crippen LogP contribution is 2.29. The molecule has 2 aromatic rings. The fourth-order valence-electron chi connectivity index (χ4n) is 1.62. The number of aromatic carboxylic acids is 1. The lowest BCUT2D eigenvalue weighted by Gasteiger charge is -2.13. The number of aromatic nitrogens is 1. The Hall–Kier alpha value is -1.78. The van der Waals surface area contributed by atoms with Gasteiger partial charge in [0.2, 0.25) is 0 Å². The molecule has 0 aliphatic heterocycles. The van der Waals surface area contributed by atoms with Crippen LogP contribution in [0.25, 0.3) is 0 Å². The maximum atomic E-state index is 11.2. The molecule has 0 aliphatic carbocycles. The second-order valence-electron chi connectivity index (χ2n) is 3.90. The Morgan fingerprint density at radius 1 is 1.37 bits per heavy atom. The summed E-state index contributed by atoms with van der Waals surface area (Å²) in [6, 6.07) is 6.98. The molecule has 0 radical (unpaired) electrons. The second-order valence-corrected chi connectivity index (χ2v) is 4.70. The molecule has 0 atom stereocenters. The van der Waals surface area contributed by atoms with Crippen molar-refractivity contribution >= 4 is 40.5 Å². The lowest BCUT2D eigenvalue weighted by Crippen LogP contribution is -2.06. The monoisotopic (exact) mass is 296 g/mol. The van der Waals surface area contributed by atoms with Gasteiger partial charge in [-0.15, -0.1) is 0 Å². The molecule has 2 rings (SSSR count). The zero-order valence-corrected chi connectivity index (χ0v) is 11.5. The number of anilines is 2. The third-order valence-electron chi connectivity index (χ3n) is 2.59. The third-order valence-corrected chi connectivity index (χ3v) is 3.20. The summed E-state index contributed by atoms with van der Waals surface area (Å²) in [6.45, 7) is 1.70. The van der Waals surface area contributed by atoms with Crippen molar-refractivity contribution in [2.24, 2.45) is 0 Å². The molecule has 1 heterocycles. The maximum Gasteiger partial charge on any atom is 0.339 e. The van der Waals surface area contributed by atoms with E-state index in [2.05, 4.69) is 10.3 Å². The SMILES string of the molecule is Cc1c(Cl)ncc(C(=O)O)c1Nc1cccc(Cl)c1. The molecule has 0 bridgehead atoms. The number of nitrogens with zero attached hydrogens (tertiary/aromatic N) is 1. The van der Waals surface area contributed by atoms with Crippen molar-refractivity contribution in [3.05, 3.63) is 51.8 Å². The van der Waals surface area contributed by atoms with E-state index in [0.717, 1.165) is 0 Å². The molecule has 6 heteroatoms. The molecule has 0 amide bonds. The zero-order valence-electron chi connectivity index (χ0n) is 9.95. The first-order chi connectivity index (χ1) is 8.99. The van der Waals surface area contributed by atoms with E-state index in [-0.39, 0.29) is 10.7 Å². The highest BCUT2D eigenvalue weighted by Gasteiger charge is 2.15. The number of hydrogen-bond donors (Lipinski definition) is 2. The molecule has 0 unspecified atom stereocenters. The molecule has 0 saturated carbocycles. The lowest BCUT2D eigenvalue weighted by molar-refractivity contribution is 0.0697. The number of pyridine rings is 1. The smallest absolute Gasteiger partial charge is 0.339 e. The molecule has 1 aromatic carbocycles. The molecular weight excluding hydrogens is 287 g/mol. The van der Waals surface area contributed by atoms with Gasteiger partial charge in [0.25, 0.3) is 0 Å². The summed E-state index contributed by atoms with van der Waals surface area (Å²) in [7, 11) is 0. The van der Waals surface area contributed by atoms with Crippen LogP contribution in [0.1, 0.15) is 15.9 Å². The Morgan fingerprint density at radius 3 is 2.74 bits per heavy atom. The van der Waals surface area contributed by atoms with Crippen LogP contribution in [0.15, 0.2) is 30.5 Å². The van der Waals surface area contributed by atoms with Crippen LogP contribution in [0.5, 0.6) is 0 Å². The van der Waals surface area contributed by atoms with E-state index in [9.17, 15) is 4.79 Å². The molecule has 0 fully saturated rings. The first-order valence-corrected chi connectivity index (χ1v) is 6.15. The van der Waals surface area contributed by atoms with Crippen molar-refractivity contribution in [1.29, 1.82) is 0 Å². The van der Waals surface area contributed by atoms with Crippen molar-refractivity contribution < 1.29 is 9.90 Å². The molecule has 19 heavy (non-hydrogen) atoms. The molecule has 4 nitrogen and oxygen atoms in total. The van der Waals surface area contributed by atoms with Gasteiger partial charge in [0.1, 0.15) is 10.7 Å². The summed E-state index contributed by atoms with van der Waals surface area (Å²) in [6.07, 6.45) is 1.23. The highest BCUT2D eigenvalue weighted by atomic mass is 35.5. The standard InChI is InChI=1S/C13H10Cl2N2O2/c1-7-11(10(13(18)19)6-16-12(7)15)17-9-4-2-3-8(14)5-9/h2-6H,1H3,(H,16,17)(H,18,19). The molecule has 0 spiro atoms. The van der Waals surface area contributed by atoms with E-state index in [0.29, 0.717) is 22.0 Å². The number of nitrogens with one attached hydrogen (secondary N) is 1. The first-order valence-electron chi connectivity index (χ1n) is 5.40. The number of carboxylic acids is 1. The van der Waals surface area contributed by atoms with Crippen LogP contribution in [0.3, 0.4) is 0 Å². The van der Waals surface area contributed by atoms with Crippen LogP contribution in [0.2, 0.25) is 10.2 Å². The molecule has 0 aliphatic rings. The average molecular weight is 297 g/mol. The summed E-state index contributed by atoms with van der Waals surface area (Å²) < 4.78 is 0. The normalized spacial score (nSPS) is 10.3. The Bertz CT molecular complexity index is 645. The topological polar surface area (TPSA) is 62.2 Å². The van der Waals surface area contributed by atoms with E-state index >= 15 is 0 Å². The van der Waals surface area contributed by atoms with Crippen LogP contribution in [-0.2, 0) is 0 Å². The Balaban J connectivity index is 2.49. The number of halogens is 2. The average Bonchev–Trinajstić information content (AvgIpc) is 2.35. The lowest BCUT2D eigenvalue weighted by atomic mass is 10.1. The van der Waals surface area contributed by atoms with Gasteiger partial charge >= 0.3 is 5.97 Å². The Kier molecular flexibility index (Phi) is 3.93. The van der Waals surface area contributed by atoms with E-state index in [4.69, 9.17) is 28.3 Å². The minimum absolute atomic E-state index is 0.0573. The van der Waals surface area contributed by atoms with Gasteiger partial charge < -0.3 is 10.4 Å². The quantitative estimate of drug-likeness (QED) is 0.836. The second kappa shape index (κ2) is 5.47. The van der Waals surface area contributed by atoms with E-state index < -0.39 is 5.97 Å². The van der Waals surface area contributed by atoms with Gasteiger partial charge in [-0.05, 0) is 25.1 Å². The summed E-state index contributed by atoms with van der Waals surface area (Å²) in [5, 5.41) is 13.0. The first kappa shape index (κ1) is 13.6. The van der Waals surface area contributed by atoms with E-state index in [1.165, 1.54) is 6.20 Å². The Morgan fingerprint density at radius 2 is 2.11 bits per heavy atom. The number of carbonyl (C=O) groups is 1. The van der Waals surface area contributed by atoms with Crippen LogP contribution < -0.4 is 5.32 Å². The molecule has 0 saturated heterocycles. The predicted molar refractivity (Wildman–Crippen MR) is 75.7 cm³/mol. The fourth-order valence-corrected chi connectivity index (χ4v) is 1.96. The summed E-state index contributed by atoms with van der Waals surface area (Å²) >= 11 is 11.8. The van der Waals surface area contributed by atoms with Crippen molar-refractivity contribution in [2.75, 3.05) is 5.32 Å². The molecule has 2 N–H and O–H groups in total. The Labute approximate surface area is 120 Å². The van der Waals surface area contributed by atoms with Crippen LogP contribution in [-0.4, -0.2) is 16.1 Å². The molecular formula is C13H10Cl2N2O2. The van der Waals surface area contributed by atoms with Gasteiger partial charge in [-0.2, -0.15) is 0 Å². The van der Waals surface area contributed by atoms with Gasteiger partial charge in [-0.1, -0.05) is 29.3 Å². The number of carboxylic acid groups (broad SMARTS) is 1. The van der Waals surface area contributed by atoms with E-state index in [1.807, 2.05) is 0 Å². The van der Waals surface area contributed by atoms with E-state index in [1.54, 1.807) is 31.2 Å². The maximum absolute atomic E-state index is 11.2. The summed E-state index contributed by atoms with van der Waals surface area (Å²) in [4.78, 5) is 15.0. The molecule has 1 aromatic heterocycles. The van der Waals surface area contributed by atoms with Crippen LogP contribution in [0.4, 0.5) is 11.4 Å². The van der Waals surface area contributed by atoms with Crippen molar-refractivity contribution in [3.63, 3.8) is 0 Å². The highest BCUT2D eigenvalue weighted by molar-refractivity contribution is 6.31. The summed E-state index contributed by atoms with van der Waals surface area (Å²) in [5.41, 5.74) is 1.72.